The van der Waals surface area contributed by atoms with Crippen LogP contribution in [0.1, 0.15) is 5.69 Å². The lowest BCUT2D eigenvalue weighted by molar-refractivity contribution is -0.00000448. The molecular formula is C20H15Cl2N2-. The summed E-state index contributed by atoms with van der Waals surface area (Å²) in [7, 11) is 0. The third-order valence-electron chi connectivity index (χ3n) is 3.94. The van der Waals surface area contributed by atoms with Gasteiger partial charge in [0.2, 0.25) is 0 Å². The van der Waals surface area contributed by atoms with Crippen molar-refractivity contribution in [2.45, 2.75) is 6.92 Å². The van der Waals surface area contributed by atoms with Gasteiger partial charge < -0.3 is 17.7 Å². The van der Waals surface area contributed by atoms with E-state index >= 15 is 0 Å². The summed E-state index contributed by atoms with van der Waals surface area (Å²) in [5, 5.41) is 7.66. The van der Waals surface area contributed by atoms with Crippen molar-refractivity contribution in [3.63, 3.8) is 0 Å². The fourth-order valence-corrected chi connectivity index (χ4v) is 3.10. The lowest BCUT2D eigenvalue weighted by Crippen LogP contribution is -3.00. The first-order valence-electron chi connectivity index (χ1n) is 7.52. The van der Waals surface area contributed by atoms with Crippen molar-refractivity contribution in [2.75, 3.05) is 5.32 Å². The molecule has 0 unspecified atom stereocenters. The van der Waals surface area contributed by atoms with Gasteiger partial charge in [-0.2, -0.15) is 0 Å². The Morgan fingerprint density at radius 3 is 2.54 bits per heavy atom. The number of nitrogens with zero attached hydrogens (tertiary/aromatic N) is 1. The Hall–Kier alpha value is -2.29. The third-order valence-corrected chi connectivity index (χ3v) is 4.17. The smallest absolute Gasteiger partial charge is 0.0804 e. The van der Waals surface area contributed by atoms with Gasteiger partial charge >= 0.3 is 0 Å². The Morgan fingerprint density at radius 1 is 0.875 bits per heavy atom. The number of anilines is 2. The largest absolute Gasteiger partial charge is 1.00 e. The minimum atomic E-state index is 0. The highest BCUT2D eigenvalue weighted by Gasteiger charge is 2.08. The predicted octanol–water partition coefficient (Wildman–Crippen LogP) is 3.10. The van der Waals surface area contributed by atoms with Crippen molar-refractivity contribution in [1.29, 1.82) is 0 Å². The van der Waals surface area contributed by atoms with Crippen LogP contribution in [0.25, 0.3) is 21.7 Å². The number of rotatable bonds is 2. The minimum Gasteiger partial charge on any atom is -1.00 e. The summed E-state index contributed by atoms with van der Waals surface area (Å²) in [6.45, 7) is 2.02. The van der Waals surface area contributed by atoms with E-state index in [0.29, 0.717) is 0 Å². The molecule has 24 heavy (non-hydrogen) atoms. The lowest BCUT2D eigenvalue weighted by atomic mass is 10.0. The van der Waals surface area contributed by atoms with E-state index in [0.717, 1.165) is 33.0 Å². The second-order valence-electron chi connectivity index (χ2n) is 5.63. The zero-order valence-electron chi connectivity index (χ0n) is 13.1. The van der Waals surface area contributed by atoms with Crippen LogP contribution >= 0.6 is 11.6 Å². The average molecular weight is 354 g/mol. The summed E-state index contributed by atoms with van der Waals surface area (Å²) >= 11 is 6.09. The first-order valence-corrected chi connectivity index (χ1v) is 7.90. The molecule has 0 aliphatic carbocycles. The summed E-state index contributed by atoms with van der Waals surface area (Å²) in [5.74, 6) is 0. The van der Waals surface area contributed by atoms with Crippen molar-refractivity contribution in [1.82, 2.24) is 4.98 Å². The van der Waals surface area contributed by atoms with Crippen LogP contribution in [0.15, 0.2) is 66.7 Å². The van der Waals surface area contributed by atoms with E-state index < -0.39 is 0 Å². The van der Waals surface area contributed by atoms with E-state index in [1.807, 2.05) is 31.2 Å². The second-order valence-corrected chi connectivity index (χ2v) is 6.07. The molecule has 1 aromatic heterocycles. The summed E-state index contributed by atoms with van der Waals surface area (Å²) in [5.41, 5.74) is 4.02. The number of hydrogen-bond donors (Lipinski definition) is 1. The Morgan fingerprint density at radius 2 is 1.71 bits per heavy atom. The highest BCUT2D eigenvalue weighted by atomic mass is 35.5. The number of pyridine rings is 1. The summed E-state index contributed by atoms with van der Waals surface area (Å²) in [4.78, 5) is 4.76. The first-order chi connectivity index (χ1) is 11.2. The van der Waals surface area contributed by atoms with Gasteiger partial charge in [0.25, 0.3) is 0 Å². The molecule has 0 spiro atoms. The van der Waals surface area contributed by atoms with Crippen molar-refractivity contribution < 1.29 is 12.4 Å². The molecule has 0 radical (unpaired) electrons. The van der Waals surface area contributed by atoms with Crippen LogP contribution in [0.5, 0.6) is 0 Å². The van der Waals surface area contributed by atoms with E-state index in [4.69, 9.17) is 16.6 Å². The van der Waals surface area contributed by atoms with Crippen LogP contribution in [-0.2, 0) is 0 Å². The molecule has 0 saturated heterocycles. The number of nitrogens with one attached hydrogen (secondary N) is 1. The molecule has 0 fully saturated rings. The fourth-order valence-electron chi connectivity index (χ4n) is 2.91. The Bertz CT molecular complexity index is 1030. The topological polar surface area (TPSA) is 24.9 Å². The molecule has 0 aliphatic heterocycles. The zero-order valence-corrected chi connectivity index (χ0v) is 14.6. The summed E-state index contributed by atoms with van der Waals surface area (Å²) in [6, 6.07) is 22.4. The fraction of sp³-hybridized carbons (Fsp3) is 0.0500. The Balaban J connectivity index is 0.00000169. The van der Waals surface area contributed by atoms with Crippen LogP contribution in [0.3, 0.4) is 0 Å². The number of hydrogen-bond acceptors (Lipinski definition) is 2. The SMILES string of the molecule is Cc1cc(Nc2cccc(Cl)c2)c2ccc3ccccc3c2n1.[Cl-]. The van der Waals surface area contributed by atoms with Gasteiger partial charge in [-0.15, -0.1) is 0 Å². The molecule has 0 saturated carbocycles. The highest BCUT2D eigenvalue weighted by molar-refractivity contribution is 6.30. The number of fused-ring (bicyclic) bond motifs is 3. The quantitative estimate of drug-likeness (QED) is 0.560. The second kappa shape index (κ2) is 6.68. The predicted molar refractivity (Wildman–Crippen MR) is 98.7 cm³/mol. The van der Waals surface area contributed by atoms with Gasteiger partial charge in [0.1, 0.15) is 0 Å². The van der Waals surface area contributed by atoms with E-state index in [-0.39, 0.29) is 12.4 Å². The van der Waals surface area contributed by atoms with E-state index in [1.54, 1.807) is 0 Å². The van der Waals surface area contributed by atoms with Crippen LogP contribution in [-0.4, -0.2) is 4.98 Å². The molecule has 0 atom stereocenters. The van der Waals surface area contributed by atoms with Crippen molar-refractivity contribution in [3.8, 4) is 0 Å². The Kier molecular flexibility index (Phi) is 4.61. The molecule has 0 amide bonds. The molecule has 3 aromatic carbocycles. The summed E-state index contributed by atoms with van der Waals surface area (Å²) in [6.07, 6.45) is 0. The average Bonchev–Trinajstić information content (AvgIpc) is 2.54. The molecule has 0 bridgehead atoms. The molecule has 4 rings (SSSR count). The van der Waals surface area contributed by atoms with Gasteiger partial charge in [-0.1, -0.05) is 54.1 Å². The monoisotopic (exact) mass is 353 g/mol. The Labute approximate surface area is 151 Å². The van der Waals surface area contributed by atoms with Gasteiger partial charge in [-0.05, 0) is 36.6 Å². The van der Waals surface area contributed by atoms with Gasteiger partial charge in [0, 0.05) is 32.9 Å². The summed E-state index contributed by atoms with van der Waals surface area (Å²) < 4.78 is 0. The number of aromatic nitrogens is 1. The molecule has 1 N–H and O–H groups in total. The van der Waals surface area contributed by atoms with Gasteiger partial charge in [0.05, 0.1) is 5.52 Å². The molecule has 1 heterocycles. The van der Waals surface area contributed by atoms with E-state index in [1.165, 1.54) is 10.8 Å². The maximum atomic E-state index is 6.09. The third kappa shape index (κ3) is 3.03. The van der Waals surface area contributed by atoms with Crippen molar-refractivity contribution in [2.24, 2.45) is 0 Å². The normalized spacial score (nSPS) is 10.6. The molecule has 4 heteroatoms. The number of benzene rings is 3. The molecule has 120 valence electrons. The van der Waals surface area contributed by atoms with E-state index in [2.05, 4.69) is 47.8 Å². The van der Waals surface area contributed by atoms with Crippen LogP contribution in [0, 0.1) is 6.92 Å². The van der Waals surface area contributed by atoms with Gasteiger partial charge in [-0.3, -0.25) is 4.98 Å². The van der Waals surface area contributed by atoms with Gasteiger partial charge in [-0.25, -0.2) is 0 Å². The number of aryl methyl sites for hydroxylation is 1. The van der Waals surface area contributed by atoms with E-state index in [9.17, 15) is 0 Å². The van der Waals surface area contributed by atoms with Crippen LogP contribution in [0.2, 0.25) is 5.02 Å². The number of halogens is 2. The first kappa shape index (κ1) is 16.6. The lowest BCUT2D eigenvalue weighted by Gasteiger charge is -2.12. The van der Waals surface area contributed by atoms with Crippen molar-refractivity contribution in [3.05, 3.63) is 77.4 Å². The molecule has 0 aliphatic rings. The molecular weight excluding hydrogens is 339 g/mol. The maximum Gasteiger partial charge on any atom is 0.0804 e. The zero-order chi connectivity index (χ0) is 15.8. The molecule has 2 nitrogen and oxygen atoms in total. The molecule has 4 aromatic rings. The maximum absolute atomic E-state index is 6.09. The minimum absolute atomic E-state index is 0. The van der Waals surface area contributed by atoms with Crippen molar-refractivity contribution >= 4 is 44.7 Å². The highest BCUT2D eigenvalue weighted by Crippen LogP contribution is 2.31. The van der Waals surface area contributed by atoms with Gasteiger partial charge in [0.15, 0.2) is 0 Å². The van der Waals surface area contributed by atoms with Crippen LogP contribution < -0.4 is 17.7 Å². The van der Waals surface area contributed by atoms with Crippen LogP contribution in [0.4, 0.5) is 11.4 Å². The standard InChI is InChI=1S/C20H15ClN2.ClH/c1-13-11-19(23-16-7-4-6-15(21)12-16)18-10-9-14-5-2-3-8-17(14)20(18)22-13;/h2-12H,1H3,(H,22,23);1H/p-1.